The summed E-state index contributed by atoms with van der Waals surface area (Å²) in [6.07, 6.45) is 1.04. The Bertz CT molecular complexity index is 502. The highest BCUT2D eigenvalue weighted by atomic mass is 35.5. The zero-order valence-electron chi connectivity index (χ0n) is 10.7. The van der Waals surface area contributed by atoms with Crippen LogP contribution in [0.5, 0.6) is 0 Å². The SMILES string of the molecule is CCC1(C)CSC(Nc2cc(Cl)c(C)cc2Cl)=N1. The molecule has 0 amide bonds. The minimum atomic E-state index is 0.0357. The Kier molecular flexibility index (Phi) is 4.15. The van der Waals surface area contributed by atoms with Crippen molar-refractivity contribution in [2.75, 3.05) is 11.1 Å². The maximum atomic E-state index is 6.20. The van der Waals surface area contributed by atoms with Gasteiger partial charge in [-0.25, -0.2) is 0 Å². The number of amidine groups is 1. The van der Waals surface area contributed by atoms with Crippen LogP contribution in [-0.2, 0) is 0 Å². The number of nitrogens with zero attached hydrogens (tertiary/aromatic N) is 1. The van der Waals surface area contributed by atoms with Crippen LogP contribution >= 0.6 is 35.0 Å². The summed E-state index contributed by atoms with van der Waals surface area (Å²) >= 11 is 14.0. The van der Waals surface area contributed by atoms with E-state index in [2.05, 4.69) is 19.2 Å². The van der Waals surface area contributed by atoms with E-state index in [1.807, 2.05) is 19.1 Å². The summed E-state index contributed by atoms with van der Waals surface area (Å²) in [6.45, 7) is 6.26. The summed E-state index contributed by atoms with van der Waals surface area (Å²) in [5, 5.41) is 5.56. The monoisotopic (exact) mass is 302 g/mol. The molecule has 1 unspecified atom stereocenters. The van der Waals surface area contributed by atoms with Crippen molar-refractivity contribution in [2.45, 2.75) is 32.7 Å². The molecule has 98 valence electrons. The van der Waals surface area contributed by atoms with Gasteiger partial charge in [-0.15, -0.1) is 0 Å². The number of nitrogens with one attached hydrogen (secondary N) is 1. The standard InChI is InChI=1S/C13H16Cl2N2S/c1-4-13(3)7-18-12(17-13)16-11-6-9(14)8(2)5-10(11)15/h5-6H,4,7H2,1-3H3,(H,16,17). The molecule has 1 heterocycles. The molecule has 0 radical (unpaired) electrons. The van der Waals surface area contributed by atoms with Crippen LogP contribution in [0.15, 0.2) is 17.1 Å². The van der Waals surface area contributed by atoms with E-state index in [4.69, 9.17) is 28.2 Å². The lowest BCUT2D eigenvalue weighted by atomic mass is 10.0. The van der Waals surface area contributed by atoms with Gasteiger partial charge < -0.3 is 5.32 Å². The predicted octanol–water partition coefficient (Wildman–Crippen LogP) is 4.99. The number of benzene rings is 1. The molecule has 0 spiro atoms. The van der Waals surface area contributed by atoms with Crippen molar-refractivity contribution in [2.24, 2.45) is 4.99 Å². The number of halogens is 2. The smallest absolute Gasteiger partial charge is 0.161 e. The van der Waals surface area contributed by atoms with Crippen LogP contribution in [0, 0.1) is 6.92 Å². The van der Waals surface area contributed by atoms with Crippen molar-refractivity contribution in [3.63, 3.8) is 0 Å². The Morgan fingerprint density at radius 3 is 2.72 bits per heavy atom. The average molecular weight is 303 g/mol. The summed E-state index contributed by atoms with van der Waals surface area (Å²) in [7, 11) is 0. The molecule has 0 saturated heterocycles. The highest BCUT2D eigenvalue weighted by Gasteiger charge is 2.28. The molecule has 2 rings (SSSR count). The molecule has 18 heavy (non-hydrogen) atoms. The van der Waals surface area contributed by atoms with Gasteiger partial charge in [0.1, 0.15) is 0 Å². The van der Waals surface area contributed by atoms with Crippen LogP contribution in [0.4, 0.5) is 5.69 Å². The normalized spacial score (nSPS) is 23.1. The number of aryl methyl sites for hydroxylation is 1. The van der Waals surface area contributed by atoms with Crippen LogP contribution < -0.4 is 5.32 Å². The molecule has 2 nitrogen and oxygen atoms in total. The summed E-state index contributed by atoms with van der Waals surface area (Å²) in [6, 6.07) is 3.72. The van der Waals surface area contributed by atoms with E-state index in [9.17, 15) is 0 Å². The van der Waals surface area contributed by atoms with Gasteiger partial charge in [0.2, 0.25) is 0 Å². The minimum Gasteiger partial charge on any atom is -0.334 e. The molecule has 1 aliphatic rings. The summed E-state index contributed by atoms with van der Waals surface area (Å²) in [5.41, 5.74) is 1.83. The molecule has 0 aromatic heterocycles. The molecule has 0 bridgehead atoms. The fourth-order valence-corrected chi connectivity index (χ4v) is 3.25. The summed E-state index contributed by atoms with van der Waals surface area (Å²) < 4.78 is 0. The second-order valence-electron chi connectivity index (χ2n) is 4.76. The fourth-order valence-electron chi connectivity index (χ4n) is 1.64. The van der Waals surface area contributed by atoms with E-state index < -0.39 is 0 Å². The number of rotatable bonds is 2. The Hall–Kier alpha value is -0.380. The van der Waals surface area contributed by atoms with Crippen molar-refractivity contribution in [1.29, 1.82) is 0 Å². The van der Waals surface area contributed by atoms with E-state index in [-0.39, 0.29) is 5.54 Å². The number of hydrogen-bond donors (Lipinski definition) is 1. The average Bonchev–Trinajstić information content (AvgIpc) is 2.69. The lowest BCUT2D eigenvalue weighted by molar-refractivity contribution is 0.523. The van der Waals surface area contributed by atoms with Crippen LogP contribution in [0.25, 0.3) is 0 Å². The zero-order chi connectivity index (χ0) is 13.3. The molecule has 0 fully saturated rings. The Morgan fingerprint density at radius 2 is 2.11 bits per heavy atom. The minimum absolute atomic E-state index is 0.0357. The van der Waals surface area contributed by atoms with Gasteiger partial charge in [-0.05, 0) is 38.0 Å². The van der Waals surface area contributed by atoms with Crippen LogP contribution in [0.1, 0.15) is 25.8 Å². The number of thioether (sulfide) groups is 1. The van der Waals surface area contributed by atoms with E-state index in [1.54, 1.807) is 11.8 Å². The highest BCUT2D eigenvalue weighted by Crippen LogP contribution is 2.34. The van der Waals surface area contributed by atoms with Gasteiger partial charge in [0.25, 0.3) is 0 Å². The van der Waals surface area contributed by atoms with Crippen molar-refractivity contribution in [3.05, 3.63) is 27.7 Å². The first-order valence-corrected chi connectivity index (χ1v) is 7.63. The zero-order valence-corrected chi connectivity index (χ0v) is 13.0. The third kappa shape index (κ3) is 2.95. The fraction of sp³-hybridized carbons (Fsp3) is 0.462. The summed E-state index contributed by atoms with van der Waals surface area (Å²) in [5.74, 6) is 1.00. The third-order valence-electron chi connectivity index (χ3n) is 3.14. The first-order valence-electron chi connectivity index (χ1n) is 5.89. The Labute approximate surface area is 122 Å². The molecule has 1 aromatic rings. The van der Waals surface area contributed by atoms with Crippen LogP contribution in [0.3, 0.4) is 0 Å². The third-order valence-corrected chi connectivity index (χ3v) is 5.10. The molecule has 1 aliphatic heterocycles. The largest absolute Gasteiger partial charge is 0.334 e. The second-order valence-corrected chi connectivity index (χ2v) is 6.54. The second kappa shape index (κ2) is 5.32. The van der Waals surface area contributed by atoms with E-state index in [0.29, 0.717) is 10.0 Å². The van der Waals surface area contributed by atoms with E-state index >= 15 is 0 Å². The van der Waals surface area contributed by atoms with E-state index in [1.165, 1.54) is 0 Å². The molecule has 0 aliphatic carbocycles. The maximum absolute atomic E-state index is 6.20. The molecular weight excluding hydrogens is 287 g/mol. The van der Waals surface area contributed by atoms with Gasteiger partial charge in [-0.3, -0.25) is 4.99 Å². The van der Waals surface area contributed by atoms with Crippen molar-refractivity contribution in [1.82, 2.24) is 0 Å². The molecule has 1 aromatic carbocycles. The molecule has 1 N–H and O–H groups in total. The van der Waals surface area contributed by atoms with Gasteiger partial charge in [0.05, 0.1) is 16.2 Å². The van der Waals surface area contributed by atoms with Gasteiger partial charge in [0.15, 0.2) is 5.17 Å². The van der Waals surface area contributed by atoms with Gasteiger partial charge >= 0.3 is 0 Å². The molecule has 0 saturated carbocycles. The topological polar surface area (TPSA) is 24.4 Å². The maximum Gasteiger partial charge on any atom is 0.161 e. The van der Waals surface area contributed by atoms with E-state index in [0.717, 1.165) is 28.6 Å². The summed E-state index contributed by atoms with van der Waals surface area (Å²) in [4.78, 5) is 4.69. The molecular formula is C13H16Cl2N2S. The van der Waals surface area contributed by atoms with Gasteiger partial charge in [-0.1, -0.05) is 41.9 Å². The first kappa shape index (κ1) is 14.0. The molecule has 5 heteroatoms. The van der Waals surface area contributed by atoms with Crippen LogP contribution in [0.2, 0.25) is 10.0 Å². The number of anilines is 1. The lowest BCUT2D eigenvalue weighted by Crippen LogP contribution is -2.20. The highest BCUT2D eigenvalue weighted by molar-refractivity contribution is 8.14. The number of aliphatic imine (C=N–C) groups is 1. The number of hydrogen-bond acceptors (Lipinski definition) is 3. The van der Waals surface area contributed by atoms with Gasteiger partial charge in [-0.2, -0.15) is 0 Å². The van der Waals surface area contributed by atoms with Crippen molar-refractivity contribution in [3.8, 4) is 0 Å². The Morgan fingerprint density at radius 1 is 1.39 bits per heavy atom. The Balaban J connectivity index is 2.21. The predicted molar refractivity (Wildman–Crippen MR) is 83.4 cm³/mol. The quantitative estimate of drug-likeness (QED) is 0.832. The molecule has 1 atom stereocenters. The van der Waals surface area contributed by atoms with Crippen LogP contribution in [-0.4, -0.2) is 16.5 Å². The van der Waals surface area contributed by atoms with Crippen molar-refractivity contribution < 1.29 is 0 Å². The van der Waals surface area contributed by atoms with Gasteiger partial charge in [0, 0.05) is 10.8 Å². The first-order chi connectivity index (χ1) is 8.43. The van der Waals surface area contributed by atoms with Crippen molar-refractivity contribution >= 4 is 45.8 Å². The lowest BCUT2D eigenvalue weighted by Gasteiger charge is -2.15.